The summed E-state index contributed by atoms with van der Waals surface area (Å²) in [6.07, 6.45) is 9.36. The largest absolute Gasteiger partial charge is 0.390 e. The van der Waals surface area contributed by atoms with Crippen LogP contribution in [0.2, 0.25) is 0 Å². The number of unbranched alkanes of at least 4 members (excludes halogenated alkanes) is 1. The van der Waals surface area contributed by atoms with Gasteiger partial charge in [-0.1, -0.05) is 32.6 Å². The van der Waals surface area contributed by atoms with Gasteiger partial charge in [0.2, 0.25) is 11.8 Å². The average molecular weight is 706 g/mol. The van der Waals surface area contributed by atoms with Crippen molar-refractivity contribution in [1.29, 1.82) is 0 Å². The number of halogens is 2. The Balaban J connectivity index is 0.00000260. The summed E-state index contributed by atoms with van der Waals surface area (Å²) in [6.45, 7) is 10.5. The first-order valence-corrected chi connectivity index (χ1v) is 17.7. The van der Waals surface area contributed by atoms with Gasteiger partial charge in [-0.3, -0.25) is 19.3 Å². The van der Waals surface area contributed by atoms with Crippen molar-refractivity contribution in [3.63, 3.8) is 0 Å². The molecular formula is C36H54Cl2N6O4. The van der Waals surface area contributed by atoms with E-state index in [1.54, 1.807) is 0 Å². The van der Waals surface area contributed by atoms with Crippen molar-refractivity contribution in [1.82, 2.24) is 29.8 Å². The number of aromatic nitrogens is 2. The van der Waals surface area contributed by atoms with E-state index < -0.39 is 17.7 Å². The van der Waals surface area contributed by atoms with Crippen LogP contribution in [-0.2, 0) is 16.1 Å². The number of nitrogens with zero attached hydrogens (tertiary/aromatic N) is 5. The summed E-state index contributed by atoms with van der Waals surface area (Å²) in [5.74, 6) is -0.0524. The first kappa shape index (κ1) is 38.1. The molecule has 3 amide bonds. The molecule has 4 fully saturated rings. The van der Waals surface area contributed by atoms with Crippen LogP contribution >= 0.6 is 24.8 Å². The van der Waals surface area contributed by atoms with Crippen molar-refractivity contribution in [2.24, 2.45) is 5.92 Å². The number of likely N-dealkylation sites (tertiary alicyclic amines) is 2. The summed E-state index contributed by atoms with van der Waals surface area (Å²) in [5.41, 5.74) is 3.96. The molecular weight excluding hydrogens is 651 g/mol. The van der Waals surface area contributed by atoms with Gasteiger partial charge in [-0.15, -0.1) is 24.8 Å². The van der Waals surface area contributed by atoms with Crippen LogP contribution in [0.4, 0.5) is 0 Å². The highest BCUT2D eigenvalue weighted by atomic mass is 35.5. The minimum absolute atomic E-state index is 0. The highest BCUT2D eigenvalue weighted by Crippen LogP contribution is 2.37. The van der Waals surface area contributed by atoms with Crippen LogP contribution in [0.5, 0.6) is 0 Å². The number of aryl methyl sites for hydroxylation is 1. The quantitative estimate of drug-likeness (QED) is 0.382. The molecule has 1 aliphatic carbocycles. The Kier molecular flexibility index (Phi) is 13.0. The molecule has 6 rings (SSSR count). The standard InChI is InChI=1S/C36H52N6O4.2ClH/c1-4-5-21-41-34(45)31(32(43)27-11-7-6-8-12-27)37-35(46)36(41)17-22-39(23-18-36)24-30-25(2)38-42(26(30)3)29-15-13-28(14-16-29)33(44)40-19-9-10-20-40;;/h13-16,27,31-32,43H,4-12,17-24H2,1-3H3,(H,37,46);2*1H/t31-,32-;;/m1../s1. The zero-order valence-corrected chi connectivity index (χ0v) is 30.4. The molecule has 4 heterocycles. The molecule has 266 valence electrons. The van der Waals surface area contributed by atoms with Crippen molar-refractivity contribution in [2.75, 3.05) is 32.7 Å². The van der Waals surface area contributed by atoms with Crippen LogP contribution in [0.15, 0.2) is 24.3 Å². The fourth-order valence-corrected chi connectivity index (χ4v) is 8.26. The second-order valence-electron chi connectivity index (χ2n) is 14.1. The molecule has 10 nitrogen and oxygen atoms in total. The van der Waals surface area contributed by atoms with Gasteiger partial charge in [-0.05, 0) is 89.0 Å². The number of aliphatic hydroxyl groups is 1. The molecule has 2 aromatic rings. The molecule has 4 aliphatic rings. The maximum Gasteiger partial charge on any atom is 0.253 e. The summed E-state index contributed by atoms with van der Waals surface area (Å²) in [4.78, 5) is 46.8. The van der Waals surface area contributed by atoms with E-state index in [0.717, 1.165) is 87.1 Å². The van der Waals surface area contributed by atoms with Gasteiger partial charge in [0, 0.05) is 56.1 Å². The van der Waals surface area contributed by atoms with Gasteiger partial charge >= 0.3 is 0 Å². The molecule has 0 unspecified atom stereocenters. The van der Waals surface area contributed by atoms with E-state index in [1.165, 1.54) is 6.42 Å². The lowest BCUT2D eigenvalue weighted by Gasteiger charge is -2.52. The molecule has 0 bridgehead atoms. The van der Waals surface area contributed by atoms with E-state index in [-0.39, 0.29) is 48.5 Å². The maximum atomic E-state index is 14.0. The van der Waals surface area contributed by atoms with Gasteiger partial charge in [-0.2, -0.15) is 5.10 Å². The maximum absolute atomic E-state index is 14.0. The van der Waals surface area contributed by atoms with Crippen molar-refractivity contribution in [2.45, 2.75) is 116 Å². The third kappa shape index (κ3) is 7.42. The molecule has 48 heavy (non-hydrogen) atoms. The number of piperidine rings is 1. The molecule has 1 aromatic heterocycles. The lowest BCUT2D eigenvalue weighted by molar-refractivity contribution is -0.166. The molecule has 3 aliphatic heterocycles. The Morgan fingerprint density at radius 1 is 0.979 bits per heavy atom. The third-order valence-corrected chi connectivity index (χ3v) is 11.2. The van der Waals surface area contributed by atoms with E-state index in [1.807, 2.05) is 45.7 Å². The molecule has 1 saturated carbocycles. The van der Waals surface area contributed by atoms with E-state index in [0.29, 0.717) is 44.6 Å². The lowest BCUT2D eigenvalue weighted by Crippen LogP contribution is -2.75. The molecule has 2 N–H and O–H groups in total. The normalized spacial score (nSPS) is 22.3. The number of carbonyl (C=O) groups is 3. The summed E-state index contributed by atoms with van der Waals surface area (Å²) in [5, 5.41) is 19.1. The Labute approximate surface area is 297 Å². The highest BCUT2D eigenvalue weighted by Gasteiger charge is 2.55. The number of hydrogen-bond acceptors (Lipinski definition) is 6. The lowest BCUT2D eigenvalue weighted by atomic mass is 9.78. The Morgan fingerprint density at radius 2 is 1.62 bits per heavy atom. The van der Waals surface area contributed by atoms with E-state index in [2.05, 4.69) is 24.1 Å². The number of rotatable bonds is 9. The van der Waals surface area contributed by atoms with Crippen molar-refractivity contribution in [3.05, 3.63) is 46.8 Å². The van der Waals surface area contributed by atoms with Gasteiger partial charge in [0.1, 0.15) is 11.6 Å². The number of carbonyl (C=O) groups excluding carboxylic acids is 3. The van der Waals surface area contributed by atoms with Gasteiger partial charge in [0.25, 0.3) is 5.91 Å². The Morgan fingerprint density at radius 3 is 2.25 bits per heavy atom. The number of aliphatic hydroxyl groups excluding tert-OH is 1. The Hall–Kier alpha value is -2.66. The number of hydrogen-bond donors (Lipinski definition) is 2. The highest BCUT2D eigenvalue weighted by molar-refractivity contribution is 6.00. The SMILES string of the molecule is CCCCN1C(=O)[C@@H]([C@H](O)C2CCCCC2)NC(=O)C12CCN(Cc1c(C)nn(-c3ccc(C(=O)N4CCCC4)cc3)c1C)CC2.Cl.Cl. The minimum Gasteiger partial charge on any atom is -0.390 e. The van der Waals surface area contributed by atoms with Crippen molar-refractivity contribution in [3.8, 4) is 5.69 Å². The van der Waals surface area contributed by atoms with Gasteiger partial charge in [-0.25, -0.2) is 4.68 Å². The average Bonchev–Trinajstić information content (AvgIpc) is 3.72. The van der Waals surface area contributed by atoms with Crippen LogP contribution in [0.25, 0.3) is 5.69 Å². The molecule has 2 atom stereocenters. The van der Waals surface area contributed by atoms with Gasteiger partial charge in [0.05, 0.1) is 17.5 Å². The molecule has 1 aromatic carbocycles. The van der Waals surface area contributed by atoms with Crippen LogP contribution in [0.3, 0.4) is 0 Å². The predicted molar refractivity (Wildman–Crippen MR) is 191 cm³/mol. The smallest absolute Gasteiger partial charge is 0.253 e. The predicted octanol–water partition coefficient (Wildman–Crippen LogP) is 4.97. The monoisotopic (exact) mass is 704 g/mol. The van der Waals surface area contributed by atoms with Crippen LogP contribution in [-0.4, -0.2) is 97.7 Å². The first-order valence-electron chi connectivity index (χ1n) is 17.7. The van der Waals surface area contributed by atoms with E-state index >= 15 is 0 Å². The van der Waals surface area contributed by atoms with Crippen LogP contribution in [0, 0.1) is 19.8 Å². The van der Waals surface area contributed by atoms with Gasteiger partial charge in [0.15, 0.2) is 0 Å². The topological polar surface area (TPSA) is 111 Å². The van der Waals surface area contributed by atoms with E-state index in [4.69, 9.17) is 5.10 Å². The number of benzene rings is 1. The van der Waals surface area contributed by atoms with Crippen LogP contribution < -0.4 is 5.32 Å². The molecule has 12 heteroatoms. The van der Waals surface area contributed by atoms with Gasteiger partial charge < -0.3 is 20.2 Å². The summed E-state index contributed by atoms with van der Waals surface area (Å²) < 4.78 is 1.96. The molecule has 1 spiro atoms. The summed E-state index contributed by atoms with van der Waals surface area (Å²) in [7, 11) is 0. The third-order valence-electron chi connectivity index (χ3n) is 11.2. The summed E-state index contributed by atoms with van der Waals surface area (Å²) >= 11 is 0. The number of piperazine rings is 1. The number of nitrogens with one attached hydrogen (secondary N) is 1. The van der Waals surface area contributed by atoms with Crippen molar-refractivity contribution < 1.29 is 19.5 Å². The zero-order chi connectivity index (χ0) is 32.4. The van der Waals surface area contributed by atoms with E-state index in [9.17, 15) is 19.5 Å². The first-order chi connectivity index (χ1) is 22.2. The Bertz CT molecular complexity index is 1410. The fourth-order valence-electron chi connectivity index (χ4n) is 8.26. The summed E-state index contributed by atoms with van der Waals surface area (Å²) in [6, 6.07) is 6.89. The number of amides is 3. The second kappa shape index (κ2) is 16.4. The molecule has 3 saturated heterocycles. The fraction of sp³-hybridized carbons (Fsp3) is 0.667. The second-order valence-corrected chi connectivity index (χ2v) is 14.1. The minimum atomic E-state index is -0.867. The van der Waals surface area contributed by atoms with Crippen molar-refractivity contribution >= 4 is 42.5 Å². The molecule has 0 radical (unpaired) electrons. The zero-order valence-electron chi connectivity index (χ0n) is 28.8. The van der Waals surface area contributed by atoms with Crippen LogP contribution in [0.1, 0.15) is 105 Å².